The molecule has 0 saturated heterocycles. The fourth-order valence-electron chi connectivity index (χ4n) is 2.35. The maximum Gasteiger partial charge on any atom is 0.117 e. The van der Waals surface area contributed by atoms with E-state index < -0.39 is 0 Å². The van der Waals surface area contributed by atoms with E-state index in [4.69, 9.17) is 0 Å². The van der Waals surface area contributed by atoms with Crippen LogP contribution in [0.5, 0.6) is 0 Å². The van der Waals surface area contributed by atoms with E-state index in [1.54, 1.807) is 17.2 Å². The molecule has 3 aromatic rings. The van der Waals surface area contributed by atoms with E-state index in [1.165, 1.54) is 5.56 Å². The van der Waals surface area contributed by atoms with Crippen molar-refractivity contribution in [2.24, 2.45) is 0 Å². The molecule has 2 aromatic heterocycles. The molecule has 0 saturated carbocycles. The highest BCUT2D eigenvalue weighted by Gasteiger charge is 2.14. The molecule has 0 amide bonds. The lowest BCUT2D eigenvalue weighted by molar-refractivity contribution is 0.461. The van der Waals surface area contributed by atoms with Crippen LogP contribution in [0, 0.1) is 0 Å². The molecule has 1 aromatic carbocycles. The Bertz CT molecular complexity index is 735. The highest BCUT2D eigenvalue weighted by molar-refractivity contribution is 5.60. The Morgan fingerprint density at radius 1 is 0.957 bits per heavy atom. The molecular formula is C18H21N5. The van der Waals surface area contributed by atoms with Gasteiger partial charge in [0.25, 0.3) is 0 Å². The number of aromatic nitrogens is 4. The molecule has 118 valence electrons. The lowest BCUT2D eigenvalue weighted by atomic mass is 10.1. The van der Waals surface area contributed by atoms with Crippen LogP contribution >= 0.6 is 0 Å². The third-order valence-electron chi connectivity index (χ3n) is 3.58. The smallest absolute Gasteiger partial charge is 0.117 e. The summed E-state index contributed by atoms with van der Waals surface area (Å²) in [5.41, 5.74) is 4.22. The molecule has 23 heavy (non-hydrogen) atoms. The second-order valence-corrected chi connectivity index (χ2v) is 5.73. The van der Waals surface area contributed by atoms with E-state index in [2.05, 4.69) is 46.5 Å². The summed E-state index contributed by atoms with van der Waals surface area (Å²) in [5.74, 6) is 0. The molecule has 3 rings (SSSR count). The van der Waals surface area contributed by atoms with Gasteiger partial charge in [0.2, 0.25) is 0 Å². The third kappa shape index (κ3) is 3.81. The maximum absolute atomic E-state index is 4.66. The lowest BCUT2D eigenvalue weighted by Gasteiger charge is -2.04. The zero-order valence-electron chi connectivity index (χ0n) is 13.5. The topological polar surface area (TPSA) is 55.6 Å². The monoisotopic (exact) mass is 307 g/mol. The average Bonchev–Trinajstić information content (AvgIpc) is 3.01. The van der Waals surface area contributed by atoms with Crippen LogP contribution in [-0.4, -0.2) is 20.0 Å². The summed E-state index contributed by atoms with van der Waals surface area (Å²) < 4.78 is 0. The molecule has 0 aliphatic rings. The van der Waals surface area contributed by atoms with Crippen LogP contribution in [0.25, 0.3) is 11.3 Å². The van der Waals surface area contributed by atoms with Crippen molar-refractivity contribution in [1.29, 1.82) is 0 Å². The van der Waals surface area contributed by atoms with Crippen molar-refractivity contribution in [2.75, 3.05) is 0 Å². The van der Waals surface area contributed by atoms with Gasteiger partial charge in [-0.15, -0.1) is 0 Å². The average molecular weight is 307 g/mol. The Balaban J connectivity index is 1.77. The quantitative estimate of drug-likeness (QED) is 0.760. The summed E-state index contributed by atoms with van der Waals surface area (Å²) in [5, 5.41) is 12.7. The Morgan fingerprint density at radius 2 is 1.70 bits per heavy atom. The molecule has 0 unspecified atom stereocenters. The third-order valence-corrected chi connectivity index (χ3v) is 3.58. The first-order valence-electron chi connectivity index (χ1n) is 7.85. The van der Waals surface area contributed by atoms with E-state index in [0.29, 0.717) is 6.54 Å². The van der Waals surface area contributed by atoms with Crippen molar-refractivity contribution in [3.8, 4) is 11.3 Å². The van der Waals surface area contributed by atoms with Gasteiger partial charge in [0, 0.05) is 31.0 Å². The first kappa shape index (κ1) is 15.4. The molecule has 5 nitrogen and oxygen atoms in total. The second kappa shape index (κ2) is 7.15. The number of hydrogen-bond donors (Lipinski definition) is 1. The molecule has 0 fully saturated rings. The minimum atomic E-state index is 0.242. The summed E-state index contributed by atoms with van der Waals surface area (Å²) in [6.07, 6.45) is 3.61. The molecule has 0 spiro atoms. The van der Waals surface area contributed by atoms with Crippen molar-refractivity contribution in [2.45, 2.75) is 33.0 Å². The molecule has 0 bridgehead atoms. The van der Waals surface area contributed by atoms with Crippen molar-refractivity contribution < 1.29 is 0 Å². The van der Waals surface area contributed by atoms with Crippen molar-refractivity contribution in [1.82, 2.24) is 25.3 Å². The van der Waals surface area contributed by atoms with Crippen LogP contribution in [0.2, 0.25) is 0 Å². The fraction of sp³-hybridized carbons (Fsp3) is 0.278. The van der Waals surface area contributed by atoms with Crippen LogP contribution in [0.15, 0.2) is 54.9 Å². The molecule has 0 atom stereocenters. The minimum Gasteiger partial charge on any atom is -0.307 e. The fourth-order valence-corrected chi connectivity index (χ4v) is 2.35. The molecular weight excluding hydrogens is 286 g/mol. The highest BCUT2D eigenvalue weighted by atomic mass is 15.5. The second-order valence-electron chi connectivity index (χ2n) is 5.73. The standard InChI is InChI=1S/C18H21N5/c1-14(2)23-21-17(13-20-12-15-8-10-19-11-9-15)18(22-23)16-6-4-3-5-7-16/h3-11,14,20H,12-13H2,1-2H3. The summed E-state index contributed by atoms with van der Waals surface area (Å²) in [7, 11) is 0. The molecule has 2 heterocycles. The van der Waals surface area contributed by atoms with Crippen molar-refractivity contribution in [3.63, 3.8) is 0 Å². The summed E-state index contributed by atoms with van der Waals surface area (Å²) in [6.45, 7) is 5.64. The number of nitrogens with one attached hydrogen (secondary N) is 1. The van der Waals surface area contributed by atoms with Crippen molar-refractivity contribution in [3.05, 3.63) is 66.1 Å². The Morgan fingerprint density at radius 3 is 2.39 bits per heavy atom. The van der Waals surface area contributed by atoms with Gasteiger partial charge >= 0.3 is 0 Å². The predicted octanol–water partition coefficient (Wildman–Crippen LogP) is 3.21. The summed E-state index contributed by atoms with van der Waals surface area (Å²) >= 11 is 0. The van der Waals surface area contributed by atoms with Gasteiger partial charge in [0.15, 0.2) is 0 Å². The van der Waals surface area contributed by atoms with Gasteiger partial charge in [-0.2, -0.15) is 15.0 Å². The van der Waals surface area contributed by atoms with E-state index in [-0.39, 0.29) is 6.04 Å². The first-order valence-corrected chi connectivity index (χ1v) is 7.85. The summed E-state index contributed by atoms with van der Waals surface area (Å²) in [4.78, 5) is 5.82. The van der Waals surface area contributed by atoms with Crippen LogP contribution in [0.4, 0.5) is 0 Å². The lowest BCUT2D eigenvalue weighted by Crippen LogP contribution is -2.14. The number of benzene rings is 1. The predicted molar refractivity (Wildman–Crippen MR) is 90.6 cm³/mol. The molecule has 5 heteroatoms. The molecule has 0 aliphatic heterocycles. The Kier molecular flexibility index (Phi) is 4.78. The first-order chi connectivity index (χ1) is 11.2. The number of hydrogen-bond acceptors (Lipinski definition) is 4. The van der Waals surface area contributed by atoms with Crippen LogP contribution < -0.4 is 5.32 Å². The number of nitrogens with zero attached hydrogens (tertiary/aromatic N) is 4. The van der Waals surface area contributed by atoms with Gasteiger partial charge in [-0.05, 0) is 31.5 Å². The largest absolute Gasteiger partial charge is 0.307 e. The summed E-state index contributed by atoms with van der Waals surface area (Å²) in [6, 6.07) is 14.5. The number of rotatable bonds is 6. The number of pyridine rings is 1. The zero-order chi connectivity index (χ0) is 16.1. The van der Waals surface area contributed by atoms with Gasteiger partial charge in [-0.25, -0.2) is 0 Å². The van der Waals surface area contributed by atoms with E-state index in [1.807, 2.05) is 30.3 Å². The SMILES string of the molecule is CC(C)n1nc(CNCc2ccncc2)c(-c2ccccc2)n1. The van der Waals surface area contributed by atoms with E-state index in [0.717, 1.165) is 23.5 Å². The van der Waals surface area contributed by atoms with Crippen molar-refractivity contribution >= 4 is 0 Å². The van der Waals surface area contributed by atoms with Gasteiger partial charge in [-0.3, -0.25) is 4.98 Å². The van der Waals surface area contributed by atoms with E-state index in [9.17, 15) is 0 Å². The van der Waals surface area contributed by atoms with Crippen LogP contribution in [0.1, 0.15) is 31.1 Å². The van der Waals surface area contributed by atoms with Gasteiger partial charge in [0.05, 0.1) is 6.04 Å². The Hall–Kier alpha value is -2.53. The highest BCUT2D eigenvalue weighted by Crippen LogP contribution is 2.21. The van der Waals surface area contributed by atoms with Gasteiger partial charge in [0.1, 0.15) is 11.4 Å². The van der Waals surface area contributed by atoms with Crippen LogP contribution in [0.3, 0.4) is 0 Å². The zero-order valence-corrected chi connectivity index (χ0v) is 13.5. The molecule has 1 N–H and O–H groups in total. The Labute approximate surface area is 136 Å². The molecule has 0 aliphatic carbocycles. The van der Waals surface area contributed by atoms with Gasteiger partial charge < -0.3 is 5.32 Å². The van der Waals surface area contributed by atoms with Crippen LogP contribution in [-0.2, 0) is 13.1 Å². The van der Waals surface area contributed by atoms with Gasteiger partial charge in [-0.1, -0.05) is 30.3 Å². The minimum absolute atomic E-state index is 0.242. The normalized spacial score (nSPS) is 11.1. The molecule has 0 radical (unpaired) electrons. The maximum atomic E-state index is 4.66. The van der Waals surface area contributed by atoms with E-state index >= 15 is 0 Å².